The molecule has 1 heterocycles. The molecule has 0 saturated carbocycles. The van der Waals surface area contributed by atoms with Crippen LogP contribution >= 0.6 is 0 Å². The van der Waals surface area contributed by atoms with Gasteiger partial charge in [-0.1, -0.05) is 0 Å². The number of carbonyl (C=O) groups is 1. The minimum atomic E-state index is -3.72. The van der Waals surface area contributed by atoms with E-state index in [0.29, 0.717) is 6.42 Å². The number of pyridine rings is 1. The van der Waals surface area contributed by atoms with Crippen LogP contribution in [0.2, 0.25) is 0 Å². The second kappa shape index (κ2) is 5.57. The van der Waals surface area contributed by atoms with Crippen molar-refractivity contribution in [1.82, 2.24) is 9.71 Å². The fourth-order valence-electron chi connectivity index (χ4n) is 1.11. The number of aromatic nitrogens is 1. The Morgan fingerprint density at radius 1 is 1.38 bits per heavy atom. The van der Waals surface area contributed by atoms with Gasteiger partial charge in [-0.15, -0.1) is 0 Å². The molecule has 0 amide bonds. The maximum atomic E-state index is 11.1. The van der Waals surface area contributed by atoms with Gasteiger partial charge in [0.25, 0.3) is 0 Å². The lowest BCUT2D eigenvalue weighted by atomic mass is 10.2. The molecule has 1 aromatic rings. The van der Waals surface area contributed by atoms with Crippen LogP contribution in [0.25, 0.3) is 0 Å². The van der Waals surface area contributed by atoms with E-state index >= 15 is 0 Å². The number of rotatable bonds is 6. The van der Waals surface area contributed by atoms with Crippen LogP contribution in [0, 0.1) is 0 Å². The van der Waals surface area contributed by atoms with Crippen LogP contribution in [0.5, 0.6) is 0 Å². The van der Waals surface area contributed by atoms with E-state index in [1.807, 2.05) is 0 Å². The van der Waals surface area contributed by atoms with Crippen molar-refractivity contribution in [3.63, 3.8) is 0 Å². The molecule has 16 heavy (non-hydrogen) atoms. The average Bonchev–Trinajstić information content (AvgIpc) is 2.16. The molecule has 1 rings (SSSR count). The van der Waals surface area contributed by atoms with E-state index in [1.165, 1.54) is 0 Å². The molecule has 6 nitrogen and oxygen atoms in total. The lowest BCUT2D eigenvalue weighted by Gasteiger charge is -2.04. The molecule has 0 aromatic carbocycles. The van der Waals surface area contributed by atoms with Gasteiger partial charge in [0.15, 0.2) is 5.75 Å². The van der Waals surface area contributed by atoms with Crippen molar-refractivity contribution in [3.05, 3.63) is 30.1 Å². The van der Waals surface area contributed by atoms with Gasteiger partial charge < -0.3 is 5.11 Å². The van der Waals surface area contributed by atoms with Crippen molar-refractivity contribution in [2.24, 2.45) is 0 Å². The summed E-state index contributed by atoms with van der Waals surface area (Å²) in [5, 5.41) is 8.34. The largest absolute Gasteiger partial charge is 0.480 e. The molecule has 0 atom stereocenters. The molecule has 7 heteroatoms. The maximum absolute atomic E-state index is 11.1. The molecule has 0 fully saturated rings. The van der Waals surface area contributed by atoms with Crippen LogP contribution in [-0.4, -0.2) is 36.8 Å². The summed E-state index contributed by atoms with van der Waals surface area (Å²) >= 11 is 0. The molecule has 2 N–H and O–H groups in total. The summed E-state index contributed by atoms with van der Waals surface area (Å²) in [6.07, 6.45) is 3.73. The average molecular weight is 244 g/mol. The summed E-state index contributed by atoms with van der Waals surface area (Å²) in [5.74, 6) is -2.26. The number of hydrogen-bond donors (Lipinski definition) is 2. The number of carboxylic acid groups (broad SMARTS) is 1. The summed E-state index contributed by atoms with van der Waals surface area (Å²) in [6, 6.07) is 3.54. The highest BCUT2D eigenvalue weighted by atomic mass is 32.2. The van der Waals surface area contributed by atoms with Crippen molar-refractivity contribution >= 4 is 16.0 Å². The first-order valence-electron chi connectivity index (χ1n) is 4.57. The van der Waals surface area contributed by atoms with Gasteiger partial charge in [-0.25, -0.2) is 13.1 Å². The van der Waals surface area contributed by atoms with Crippen molar-refractivity contribution in [1.29, 1.82) is 0 Å². The van der Waals surface area contributed by atoms with Crippen molar-refractivity contribution < 1.29 is 18.3 Å². The van der Waals surface area contributed by atoms with Crippen LogP contribution in [0.15, 0.2) is 24.5 Å². The molecule has 0 bridgehead atoms. The Kier molecular flexibility index (Phi) is 4.39. The highest BCUT2D eigenvalue weighted by Gasteiger charge is 2.14. The van der Waals surface area contributed by atoms with Crippen LogP contribution in [0.3, 0.4) is 0 Å². The molecule has 0 saturated heterocycles. The second-order valence-electron chi connectivity index (χ2n) is 3.15. The summed E-state index contributed by atoms with van der Waals surface area (Å²) in [5.41, 5.74) is 0.938. The third kappa shape index (κ3) is 4.85. The van der Waals surface area contributed by atoms with Gasteiger partial charge in [0, 0.05) is 18.9 Å². The van der Waals surface area contributed by atoms with Crippen LogP contribution in [-0.2, 0) is 21.2 Å². The number of carboxylic acids is 1. The van der Waals surface area contributed by atoms with E-state index in [1.54, 1.807) is 24.5 Å². The van der Waals surface area contributed by atoms with Gasteiger partial charge in [0.2, 0.25) is 10.0 Å². The van der Waals surface area contributed by atoms with Crippen LogP contribution in [0.1, 0.15) is 5.56 Å². The first kappa shape index (κ1) is 12.6. The van der Waals surface area contributed by atoms with E-state index in [-0.39, 0.29) is 6.54 Å². The zero-order valence-corrected chi connectivity index (χ0v) is 9.27. The van der Waals surface area contributed by atoms with E-state index in [2.05, 4.69) is 9.71 Å². The zero-order chi connectivity index (χ0) is 12.0. The monoisotopic (exact) mass is 244 g/mol. The van der Waals surface area contributed by atoms with Gasteiger partial charge >= 0.3 is 5.97 Å². The van der Waals surface area contributed by atoms with Crippen LogP contribution < -0.4 is 4.72 Å². The van der Waals surface area contributed by atoms with E-state index in [0.717, 1.165) is 5.56 Å². The fraction of sp³-hybridized carbons (Fsp3) is 0.333. The van der Waals surface area contributed by atoms with Gasteiger partial charge in [-0.2, -0.15) is 0 Å². The van der Waals surface area contributed by atoms with Crippen molar-refractivity contribution in [2.45, 2.75) is 6.42 Å². The van der Waals surface area contributed by atoms with E-state index < -0.39 is 21.7 Å². The predicted octanol–water partition coefficient (Wildman–Crippen LogP) is -0.372. The molecule has 0 aliphatic rings. The topological polar surface area (TPSA) is 96.4 Å². The number of aliphatic carboxylic acids is 1. The zero-order valence-electron chi connectivity index (χ0n) is 8.46. The lowest BCUT2D eigenvalue weighted by Crippen LogP contribution is -2.31. The predicted molar refractivity (Wildman–Crippen MR) is 57.4 cm³/mol. The Labute approximate surface area is 93.4 Å². The normalized spacial score (nSPS) is 11.2. The molecule has 88 valence electrons. The molecule has 0 aliphatic carbocycles. The molecule has 0 aliphatic heterocycles. The highest BCUT2D eigenvalue weighted by molar-refractivity contribution is 7.90. The smallest absolute Gasteiger partial charge is 0.320 e. The van der Waals surface area contributed by atoms with Crippen LogP contribution in [0.4, 0.5) is 0 Å². The molecule has 1 aromatic heterocycles. The Balaban J connectivity index is 2.39. The molecule has 0 radical (unpaired) electrons. The number of nitrogens with zero attached hydrogens (tertiary/aromatic N) is 1. The van der Waals surface area contributed by atoms with E-state index in [4.69, 9.17) is 5.11 Å². The minimum absolute atomic E-state index is 0.180. The van der Waals surface area contributed by atoms with Gasteiger partial charge in [-0.3, -0.25) is 9.78 Å². The van der Waals surface area contributed by atoms with Gasteiger partial charge in [0.05, 0.1) is 0 Å². The standard InChI is InChI=1S/C9H12N2O4S/c12-9(13)7-16(14,15)11-6-3-8-1-4-10-5-2-8/h1-2,4-5,11H,3,6-7H2,(H,12,13). The Morgan fingerprint density at radius 3 is 2.56 bits per heavy atom. The first-order valence-corrected chi connectivity index (χ1v) is 6.23. The van der Waals surface area contributed by atoms with Gasteiger partial charge in [0.1, 0.15) is 0 Å². The van der Waals surface area contributed by atoms with Crippen molar-refractivity contribution in [2.75, 3.05) is 12.3 Å². The van der Waals surface area contributed by atoms with E-state index in [9.17, 15) is 13.2 Å². The SMILES string of the molecule is O=C(O)CS(=O)(=O)NCCc1ccncc1. The Bertz CT molecular complexity index is 444. The fourth-order valence-corrected chi connectivity index (χ4v) is 1.95. The Morgan fingerprint density at radius 2 is 2.00 bits per heavy atom. The number of hydrogen-bond acceptors (Lipinski definition) is 4. The third-order valence-corrected chi connectivity index (χ3v) is 3.07. The summed E-state index contributed by atoms with van der Waals surface area (Å²) in [4.78, 5) is 14.0. The summed E-state index contributed by atoms with van der Waals surface area (Å²) < 4.78 is 24.5. The number of nitrogens with one attached hydrogen (secondary N) is 1. The summed E-state index contributed by atoms with van der Waals surface area (Å²) in [7, 11) is -3.72. The third-order valence-electron chi connectivity index (χ3n) is 1.80. The number of sulfonamides is 1. The molecule has 0 unspecified atom stereocenters. The maximum Gasteiger partial charge on any atom is 0.320 e. The first-order chi connectivity index (χ1) is 7.49. The second-order valence-corrected chi connectivity index (χ2v) is 4.96. The quantitative estimate of drug-likeness (QED) is 0.711. The molecular weight excluding hydrogens is 232 g/mol. The summed E-state index contributed by atoms with van der Waals surface area (Å²) in [6.45, 7) is 0.180. The molecular formula is C9H12N2O4S. The minimum Gasteiger partial charge on any atom is -0.480 e. The van der Waals surface area contributed by atoms with Crippen molar-refractivity contribution in [3.8, 4) is 0 Å². The molecule has 0 spiro atoms. The van der Waals surface area contributed by atoms with Gasteiger partial charge in [-0.05, 0) is 24.1 Å². The Hall–Kier alpha value is -1.47. The lowest BCUT2D eigenvalue weighted by molar-refractivity contribution is -0.134. The highest BCUT2D eigenvalue weighted by Crippen LogP contribution is 1.96.